The predicted molar refractivity (Wildman–Crippen MR) is 82.5 cm³/mol. The topological polar surface area (TPSA) is 118 Å². The Morgan fingerprint density at radius 2 is 1.54 bits per heavy atom. The van der Waals surface area contributed by atoms with Crippen LogP contribution in [0.4, 0.5) is 18.9 Å². The van der Waals surface area contributed by atoms with Crippen LogP contribution in [0.15, 0.2) is 24.3 Å². The van der Waals surface area contributed by atoms with E-state index in [1.807, 2.05) is 12.1 Å². The van der Waals surface area contributed by atoms with Gasteiger partial charge in [-0.15, -0.1) is 0 Å². The molecule has 1 amide bonds. The maximum atomic E-state index is 10.9. The zero-order valence-electron chi connectivity index (χ0n) is 12.8. The van der Waals surface area contributed by atoms with Gasteiger partial charge in [0.15, 0.2) is 0 Å². The maximum Gasteiger partial charge on any atom is 0.490 e. The summed E-state index contributed by atoms with van der Waals surface area (Å²) in [4.78, 5) is 19.8. The van der Waals surface area contributed by atoms with Crippen molar-refractivity contribution < 1.29 is 27.9 Å². The fraction of sp³-hybridized carbons (Fsp3) is 0.467. The summed E-state index contributed by atoms with van der Waals surface area (Å²) >= 11 is 0. The number of benzene rings is 1. The Kier molecular flexibility index (Phi) is 7.02. The van der Waals surface area contributed by atoms with E-state index in [2.05, 4.69) is 5.32 Å². The smallest absolute Gasteiger partial charge is 0.475 e. The second-order valence-electron chi connectivity index (χ2n) is 5.50. The Bertz CT molecular complexity index is 553. The number of carboxylic acids is 1. The first-order valence-corrected chi connectivity index (χ1v) is 7.31. The van der Waals surface area contributed by atoms with Crippen molar-refractivity contribution in [2.24, 2.45) is 11.5 Å². The van der Waals surface area contributed by atoms with Crippen LogP contribution < -0.4 is 16.8 Å². The van der Waals surface area contributed by atoms with Gasteiger partial charge in [0.05, 0.1) is 0 Å². The molecule has 9 heteroatoms. The third-order valence-corrected chi connectivity index (χ3v) is 3.55. The van der Waals surface area contributed by atoms with E-state index < -0.39 is 12.1 Å². The molecule has 0 atom stereocenters. The molecule has 0 radical (unpaired) electrons. The second kappa shape index (κ2) is 8.53. The predicted octanol–water partition coefficient (Wildman–Crippen LogP) is 2.10. The van der Waals surface area contributed by atoms with Gasteiger partial charge in [0.2, 0.25) is 5.91 Å². The average molecular weight is 347 g/mol. The van der Waals surface area contributed by atoms with Crippen LogP contribution in [0.5, 0.6) is 0 Å². The Morgan fingerprint density at radius 3 is 1.92 bits per heavy atom. The number of carbonyl (C=O) groups excluding carboxylic acids is 1. The van der Waals surface area contributed by atoms with E-state index in [4.69, 9.17) is 21.4 Å². The minimum Gasteiger partial charge on any atom is -0.475 e. The van der Waals surface area contributed by atoms with Crippen molar-refractivity contribution in [1.29, 1.82) is 0 Å². The van der Waals surface area contributed by atoms with E-state index in [1.54, 1.807) is 12.1 Å². The van der Waals surface area contributed by atoms with E-state index in [0.717, 1.165) is 31.4 Å². The van der Waals surface area contributed by atoms with Crippen LogP contribution in [0.2, 0.25) is 0 Å². The summed E-state index contributed by atoms with van der Waals surface area (Å²) in [6.07, 6.45) is -0.703. The average Bonchev–Trinajstić information content (AvgIpc) is 2.50. The molecule has 1 saturated carbocycles. The molecule has 0 heterocycles. The molecule has 0 saturated heterocycles. The highest BCUT2D eigenvalue weighted by atomic mass is 19.4. The number of carboxylic acid groups (broad SMARTS) is 1. The van der Waals surface area contributed by atoms with Gasteiger partial charge < -0.3 is 21.9 Å². The minimum atomic E-state index is -5.08. The number of alkyl halides is 3. The van der Waals surface area contributed by atoms with Gasteiger partial charge in [-0.3, -0.25) is 4.79 Å². The minimum absolute atomic E-state index is 0.366. The molecule has 0 aliphatic heterocycles. The summed E-state index contributed by atoms with van der Waals surface area (Å²) in [5.74, 6) is -3.15. The number of hydrogen-bond donors (Lipinski definition) is 4. The highest BCUT2D eigenvalue weighted by Crippen LogP contribution is 2.21. The van der Waals surface area contributed by atoms with Crippen LogP contribution in [-0.2, 0) is 4.79 Å². The van der Waals surface area contributed by atoms with Gasteiger partial charge in [-0.2, -0.15) is 13.2 Å². The number of nitrogens with two attached hydrogens (primary N) is 2. The van der Waals surface area contributed by atoms with Gasteiger partial charge in [-0.25, -0.2) is 4.79 Å². The first kappa shape index (κ1) is 19.8. The number of primary amides is 1. The van der Waals surface area contributed by atoms with Crippen LogP contribution in [0, 0.1) is 0 Å². The monoisotopic (exact) mass is 347 g/mol. The van der Waals surface area contributed by atoms with Crippen LogP contribution >= 0.6 is 0 Å². The lowest BCUT2D eigenvalue weighted by Crippen LogP contribution is -2.32. The number of halogens is 3. The molecule has 6 nitrogen and oxygen atoms in total. The molecule has 0 aromatic heterocycles. The SMILES string of the molecule is NC(=O)c1ccc(NC2CCC(N)CC2)cc1.O=C(O)C(F)(F)F. The van der Waals surface area contributed by atoms with Crippen molar-refractivity contribution in [3.63, 3.8) is 0 Å². The Labute approximate surface area is 137 Å². The fourth-order valence-corrected chi connectivity index (χ4v) is 2.23. The van der Waals surface area contributed by atoms with Gasteiger partial charge >= 0.3 is 12.1 Å². The van der Waals surface area contributed by atoms with Crippen molar-refractivity contribution in [3.8, 4) is 0 Å². The highest BCUT2D eigenvalue weighted by molar-refractivity contribution is 5.93. The van der Waals surface area contributed by atoms with Crippen molar-refractivity contribution in [1.82, 2.24) is 0 Å². The number of hydrogen-bond acceptors (Lipinski definition) is 4. The van der Waals surface area contributed by atoms with Crippen molar-refractivity contribution in [3.05, 3.63) is 29.8 Å². The van der Waals surface area contributed by atoms with Crippen LogP contribution in [0.25, 0.3) is 0 Å². The molecule has 1 aliphatic carbocycles. The number of carbonyl (C=O) groups is 2. The fourth-order valence-electron chi connectivity index (χ4n) is 2.23. The highest BCUT2D eigenvalue weighted by Gasteiger charge is 2.38. The van der Waals surface area contributed by atoms with Gasteiger partial charge in [0.1, 0.15) is 0 Å². The summed E-state index contributed by atoms with van der Waals surface area (Å²) in [5.41, 5.74) is 12.6. The lowest BCUT2D eigenvalue weighted by molar-refractivity contribution is -0.192. The van der Waals surface area contributed by atoms with Gasteiger partial charge in [-0.1, -0.05) is 0 Å². The molecular formula is C15H20F3N3O3. The molecule has 134 valence electrons. The summed E-state index contributed by atoms with van der Waals surface area (Å²) in [6, 6.07) is 8.15. The molecule has 1 aromatic rings. The molecule has 1 fully saturated rings. The van der Waals surface area contributed by atoms with Gasteiger partial charge in [0.25, 0.3) is 0 Å². The van der Waals surface area contributed by atoms with Crippen LogP contribution in [0.3, 0.4) is 0 Å². The molecule has 0 spiro atoms. The van der Waals surface area contributed by atoms with Crippen molar-refractivity contribution >= 4 is 17.6 Å². The zero-order chi connectivity index (χ0) is 18.3. The van der Waals surface area contributed by atoms with Crippen molar-refractivity contribution in [2.75, 3.05) is 5.32 Å². The van der Waals surface area contributed by atoms with E-state index in [9.17, 15) is 18.0 Å². The third kappa shape index (κ3) is 6.86. The normalized spacial score (nSPS) is 20.5. The quantitative estimate of drug-likeness (QED) is 0.668. The van der Waals surface area contributed by atoms with Crippen LogP contribution in [0.1, 0.15) is 36.0 Å². The summed E-state index contributed by atoms with van der Waals surface area (Å²) in [7, 11) is 0. The first-order valence-electron chi connectivity index (χ1n) is 7.31. The molecular weight excluding hydrogens is 327 g/mol. The number of rotatable bonds is 3. The van der Waals surface area contributed by atoms with Crippen LogP contribution in [-0.4, -0.2) is 35.2 Å². The summed E-state index contributed by atoms with van der Waals surface area (Å²) < 4.78 is 31.7. The molecule has 0 bridgehead atoms. The van der Waals surface area contributed by atoms with E-state index in [-0.39, 0.29) is 5.91 Å². The third-order valence-electron chi connectivity index (χ3n) is 3.55. The molecule has 1 aromatic carbocycles. The van der Waals surface area contributed by atoms with E-state index in [0.29, 0.717) is 17.6 Å². The van der Waals surface area contributed by atoms with Gasteiger partial charge in [0, 0.05) is 23.3 Å². The molecule has 0 unspecified atom stereocenters. The lowest BCUT2D eigenvalue weighted by atomic mass is 9.91. The Morgan fingerprint density at radius 1 is 1.08 bits per heavy atom. The standard InChI is InChI=1S/C13H19N3O.C2HF3O2/c14-10-3-7-12(8-4-10)16-11-5-1-9(2-6-11)13(15)17;3-2(4,5)1(6)7/h1-2,5-6,10,12,16H,3-4,7-8,14H2,(H2,15,17);(H,6,7). The second-order valence-corrected chi connectivity index (χ2v) is 5.50. The summed E-state index contributed by atoms with van der Waals surface area (Å²) in [5, 5.41) is 10.6. The summed E-state index contributed by atoms with van der Waals surface area (Å²) in [6.45, 7) is 0. The molecule has 6 N–H and O–H groups in total. The van der Waals surface area contributed by atoms with E-state index in [1.165, 1.54) is 0 Å². The molecule has 24 heavy (non-hydrogen) atoms. The number of aliphatic carboxylic acids is 1. The van der Waals surface area contributed by atoms with E-state index >= 15 is 0 Å². The Balaban J connectivity index is 0.000000351. The molecule has 1 aliphatic rings. The molecule has 2 rings (SSSR count). The zero-order valence-corrected chi connectivity index (χ0v) is 12.8. The first-order chi connectivity index (χ1) is 11.1. The number of anilines is 1. The number of nitrogens with one attached hydrogen (secondary N) is 1. The van der Waals surface area contributed by atoms with Gasteiger partial charge in [-0.05, 0) is 49.9 Å². The number of amides is 1. The lowest BCUT2D eigenvalue weighted by Gasteiger charge is -2.27. The maximum absolute atomic E-state index is 10.9. The largest absolute Gasteiger partial charge is 0.490 e. The van der Waals surface area contributed by atoms with Crippen molar-refractivity contribution in [2.45, 2.75) is 43.9 Å². The Hall–Kier alpha value is -2.29.